The van der Waals surface area contributed by atoms with Gasteiger partial charge in [0.15, 0.2) is 16.3 Å². The van der Waals surface area contributed by atoms with Gasteiger partial charge in [0, 0.05) is 0 Å². The first-order chi connectivity index (χ1) is 17.4. The molecule has 0 unspecified atom stereocenters. The fraction of sp³-hybridized carbons (Fsp3) is 0.296. The second kappa shape index (κ2) is 9.66. The Balaban J connectivity index is 1.64. The second-order valence-corrected chi connectivity index (χ2v) is 9.66. The van der Waals surface area contributed by atoms with Crippen LogP contribution in [-0.2, 0) is 9.53 Å². The number of fused-ring (bicyclic) bond motifs is 2. The molecule has 0 amide bonds. The molecule has 1 atom stereocenters. The molecule has 186 valence electrons. The molecule has 2 aromatic carbocycles. The van der Waals surface area contributed by atoms with Gasteiger partial charge in [0.05, 0.1) is 34.6 Å². The van der Waals surface area contributed by atoms with E-state index in [0.29, 0.717) is 37.9 Å². The van der Waals surface area contributed by atoms with Crippen molar-refractivity contribution in [1.82, 2.24) is 4.57 Å². The molecule has 0 bridgehead atoms. The number of hydrogen-bond donors (Lipinski definition) is 0. The van der Waals surface area contributed by atoms with Crippen LogP contribution in [0.25, 0.3) is 6.08 Å². The number of benzene rings is 2. The quantitative estimate of drug-likeness (QED) is 0.477. The molecular formula is C27H26N2O6S. The molecule has 0 N–H and O–H groups in total. The van der Waals surface area contributed by atoms with Crippen molar-refractivity contribution < 1.29 is 23.7 Å². The van der Waals surface area contributed by atoms with Crippen LogP contribution in [0, 0.1) is 0 Å². The van der Waals surface area contributed by atoms with E-state index < -0.39 is 12.0 Å². The lowest BCUT2D eigenvalue weighted by Gasteiger charge is -2.25. The topological polar surface area (TPSA) is 88.4 Å². The molecule has 9 heteroatoms. The maximum absolute atomic E-state index is 13.7. The number of hydrogen-bond acceptors (Lipinski definition) is 8. The van der Waals surface area contributed by atoms with E-state index in [1.165, 1.54) is 11.3 Å². The Morgan fingerprint density at radius 3 is 2.67 bits per heavy atom. The van der Waals surface area contributed by atoms with Gasteiger partial charge in [0.25, 0.3) is 5.56 Å². The predicted molar refractivity (Wildman–Crippen MR) is 135 cm³/mol. The van der Waals surface area contributed by atoms with Gasteiger partial charge in [-0.2, -0.15) is 0 Å². The molecule has 2 aliphatic heterocycles. The first kappa shape index (κ1) is 23.9. The maximum Gasteiger partial charge on any atom is 0.338 e. The van der Waals surface area contributed by atoms with Gasteiger partial charge in [-0.05, 0) is 69.2 Å². The Labute approximate surface area is 211 Å². The third kappa shape index (κ3) is 4.42. The van der Waals surface area contributed by atoms with Crippen LogP contribution in [-0.4, -0.2) is 30.0 Å². The van der Waals surface area contributed by atoms with Crippen LogP contribution >= 0.6 is 11.3 Å². The van der Waals surface area contributed by atoms with Crippen LogP contribution < -0.4 is 29.1 Å². The zero-order valence-corrected chi connectivity index (χ0v) is 21.3. The van der Waals surface area contributed by atoms with E-state index in [1.807, 2.05) is 56.3 Å². The largest absolute Gasteiger partial charge is 0.491 e. The molecule has 0 fully saturated rings. The normalized spacial score (nSPS) is 16.7. The summed E-state index contributed by atoms with van der Waals surface area (Å²) in [6, 6.07) is 12.3. The van der Waals surface area contributed by atoms with Gasteiger partial charge in [0.1, 0.15) is 5.75 Å². The van der Waals surface area contributed by atoms with Gasteiger partial charge in [-0.1, -0.05) is 29.5 Å². The first-order valence-corrected chi connectivity index (χ1v) is 12.5. The summed E-state index contributed by atoms with van der Waals surface area (Å²) < 4.78 is 24.0. The fourth-order valence-corrected chi connectivity index (χ4v) is 5.31. The van der Waals surface area contributed by atoms with Crippen LogP contribution in [0.4, 0.5) is 0 Å². The molecule has 0 spiro atoms. The van der Waals surface area contributed by atoms with Crippen molar-refractivity contribution in [3.8, 4) is 17.2 Å². The monoisotopic (exact) mass is 506 g/mol. The zero-order chi connectivity index (χ0) is 25.4. The van der Waals surface area contributed by atoms with Gasteiger partial charge in [-0.3, -0.25) is 9.36 Å². The standard InChI is InChI=1S/C27H26N2O6S/c1-5-32-26(31)23-16(4)28-27-29(24(23)18-7-9-19(10-8-18)35-15(2)3)25(30)22(36-27)13-17-6-11-20-21(12-17)34-14-33-20/h6-13,15,24H,5,14H2,1-4H3/b22-13-/t24-/m1/s1. The van der Waals surface area contributed by atoms with Crippen molar-refractivity contribution in [2.45, 2.75) is 39.8 Å². The number of ether oxygens (including phenoxy) is 4. The third-order valence-corrected chi connectivity index (χ3v) is 6.76. The zero-order valence-electron chi connectivity index (χ0n) is 20.4. The number of rotatable bonds is 6. The smallest absolute Gasteiger partial charge is 0.338 e. The molecule has 0 aliphatic carbocycles. The first-order valence-electron chi connectivity index (χ1n) is 11.7. The van der Waals surface area contributed by atoms with Crippen molar-refractivity contribution in [1.29, 1.82) is 0 Å². The molecule has 3 heterocycles. The Hall–Kier alpha value is -3.85. The minimum atomic E-state index is -0.674. The lowest BCUT2D eigenvalue weighted by molar-refractivity contribution is -0.139. The number of allylic oxidation sites excluding steroid dienone is 1. The Morgan fingerprint density at radius 1 is 1.19 bits per heavy atom. The Kier molecular flexibility index (Phi) is 6.40. The van der Waals surface area contributed by atoms with E-state index in [1.54, 1.807) is 24.5 Å². The Bertz CT molecular complexity index is 1530. The Morgan fingerprint density at radius 2 is 1.94 bits per heavy atom. The summed E-state index contributed by atoms with van der Waals surface area (Å²) in [7, 11) is 0. The maximum atomic E-state index is 13.7. The van der Waals surface area contributed by atoms with E-state index >= 15 is 0 Å². The van der Waals surface area contributed by atoms with Gasteiger partial charge in [-0.15, -0.1) is 0 Å². The summed E-state index contributed by atoms with van der Waals surface area (Å²) in [5.74, 6) is 1.53. The lowest BCUT2D eigenvalue weighted by atomic mass is 9.96. The molecule has 5 rings (SSSR count). The van der Waals surface area contributed by atoms with Crippen LogP contribution in [0.15, 0.2) is 63.5 Å². The predicted octanol–water partition coefficient (Wildman–Crippen LogP) is 3.31. The van der Waals surface area contributed by atoms with Gasteiger partial charge in [-0.25, -0.2) is 9.79 Å². The van der Waals surface area contributed by atoms with Crippen LogP contribution in [0.1, 0.15) is 44.9 Å². The van der Waals surface area contributed by atoms with Crippen LogP contribution in [0.5, 0.6) is 17.2 Å². The molecule has 8 nitrogen and oxygen atoms in total. The summed E-state index contributed by atoms with van der Waals surface area (Å²) >= 11 is 1.28. The molecule has 2 aliphatic rings. The van der Waals surface area contributed by atoms with Gasteiger partial charge in [0.2, 0.25) is 6.79 Å². The number of nitrogens with zero attached hydrogens (tertiary/aromatic N) is 2. The van der Waals surface area contributed by atoms with E-state index in [-0.39, 0.29) is 25.1 Å². The molecule has 36 heavy (non-hydrogen) atoms. The highest BCUT2D eigenvalue weighted by molar-refractivity contribution is 7.07. The van der Waals surface area contributed by atoms with Crippen molar-refractivity contribution in [3.05, 3.63) is 84.5 Å². The highest BCUT2D eigenvalue weighted by atomic mass is 32.1. The highest BCUT2D eigenvalue weighted by Gasteiger charge is 2.33. The number of aromatic nitrogens is 1. The molecule has 0 radical (unpaired) electrons. The third-order valence-electron chi connectivity index (χ3n) is 5.78. The summed E-state index contributed by atoms with van der Waals surface area (Å²) in [5, 5.41) is 0. The second-order valence-electron chi connectivity index (χ2n) is 8.65. The SMILES string of the molecule is CCOC(=O)C1=C(C)N=c2s/c(=C\c3ccc4c(c3)OCO4)c(=O)n2[C@@H]1c1ccc(OC(C)C)cc1. The van der Waals surface area contributed by atoms with Gasteiger partial charge >= 0.3 is 5.97 Å². The average molecular weight is 507 g/mol. The number of thiazole rings is 1. The van der Waals surface area contributed by atoms with E-state index in [4.69, 9.17) is 18.9 Å². The number of esters is 1. The number of carbonyl (C=O) groups is 1. The minimum Gasteiger partial charge on any atom is -0.491 e. The van der Waals surface area contributed by atoms with Crippen LogP contribution in [0.3, 0.4) is 0 Å². The lowest BCUT2D eigenvalue weighted by Crippen LogP contribution is -2.39. The molecule has 0 saturated carbocycles. The molecule has 0 saturated heterocycles. The molecular weight excluding hydrogens is 480 g/mol. The number of carbonyl (C=O) groups excluding carboxylic acids is 1. The highest BCUT2D eigenvalue weighted by Crippen LogP contribution is 2.33. The van der Waals surface area contributed by atoms with E-state index in [9.17, 15) is 9.59 Å². The van der Waals surface area contributed by atoms with Crippen LogP contribution in [0.2, 0.25) is 0 Å². The van der Waals surface area contributed by atoms with Crippen molar-refractivity contribution in [2.24, 2.45) is 4.99 Å². The van der Waals surface area contributed by atoms with Crippen molar-refractivity contribution in [2.75, 3.05) is 13.4 Å². The molecule has 3 aromatic rings. The van der Waals surface area contributed by atoms with Crippen molar-refractivity contribution in [3.63, 3.8) is 0 Å². The minimum absolute atomic E-state index is 0.0296. The summed E-state index contributed by atoms with van der Waals surface area (Å²) in [5.41, 5.74) is 2.20. The average Bonchev–Trinajstić information content (AvgIpc) is 3.42. The molecule has 1 aromatic heterocycles. The summed E-state index contributed by atoms with van der Waals surface area (Å²) in [4.78, 5) is 31.9. The fourth-order valence-electron chi connectivity index (χ4n) is 4.26. The van der Waals surface area contributed by atoms with Crippen molar-refractivity contribution >= 4 is 23.4 Å². The van der Waals surface area contributed by atoms with E-state index in [2.05, 4.69) is 4.99 Å². The van der Waals surface area contributed by atoms with E-state index in [0.717, 1.165) is 11.1 Å². The summed E-state index contributed by atoms with van der Waals surface area (Å²) in [6.07, 6.45) is 1.83. The van der Waals surface area contributed by atoms with Gasteiger partial charge < -0.3 is 18.9 Å². The summed E-state index contributed by atoms with van der Waals surface area (Å²) in [6.45, 7) is 7.83.